The fourth-order valence-corrected chi connectivity index (χ4v) is 4.27. The molecular formula is C23H23FN8O. The third kappa shape index (κ3) is 3.63. The predicted molar refractivity (Wildman–Crippen MR) is 122 cm³/mol. The van der Waals surface area contributed by atoms with E-state index in [0.717, 1.165) is 22.4 Å². The zero-order chi connectivity index (χ0) is 23.1. The first-order valence-corrected chi connectivity index (χ1v) is 10.6. The Morgan fingerprint density at radius 1 is 1.18 bits per heavy atom. The summed E-state index contributed by atoms with van der Waals surface area (Å²) in [6.45, 7) is 3.56. The molecule has 4 heterocycles. The second-order valence-electron chi connectivity index (χ2n) is 8.04. The van der Waals surface area contributed by atoms with Gasteiger partial charge >= 0.3 is 0 Å². The molecule has 0 spiro atoms. The van der Waals surface area contributed by atoms with Crippen LogP contribution in [0.3, 0.4) is 0 Å². The number of rotatable bonds is 6. The molecule has 168 valence electrons. The van der Waals surface area contributed by atoms with Crippen LogP contribution >= 0.6 is 0 Å². The molecule has 1 aliphatic heterocycles. The Kier molecular flexibility index (Phi) is 5.12. The third-order valence-electron chi connectivity index (χ3n) is 5.81. The van der Waals surface area contributed by atoms with Crippen LogP contribution in [0.15, 0.2) is 36.8 Å². The number of nitrogens with one attached hydrogen (secondary N) is 1. The number of carbonyl (C=O) groups excluding carboxylic acids is 1. The summed E-state index contributed by atoms with van der Waals surface area (Å²) < 4.78 is 18.2. The highest BCUT2D eigenvalue weighted by Crippen LogP contribution is 2.36. The molecule has 10 heteroatoms. The van der Waals surface area contributed by atoms with Crippen LogP contribution in [-0.4, -0.2) is 42.4 Å². The molecule has 0 unspecified atom stereocenters. The van der Waals surface area contributed by atoms with Crippen LogP contribution in [0.25, 0.3) is 22.6 Å². The first kappa shape index (κ1) is 20.8. The smallest absolute Gasteiger partial charge is 0.167 e. The number of anilines is 2. The maximum absolute atomic E-state index is 14.6. The van der Waals surface area contributed by atoms with E-state index in [1.165, 1.54) is 6.07 Å². The topological polar surface area (TPSA) is 93.8 Å². The van der Waals surface area contributed by atoms with E-state index in [1.54, 1.807) is 23.3 Å². The molecule has 0 fully saturated rings. The lowest BCUT2D eigenvalue weighted by atomic mass is 10.1. The predicted octanol–water partition coefficient (Wildman–Crippen LogP) is 3.18. The van der Waals surface area contributed by atoms with Crippen LogP contribution in [0.5, 0.6) is 0 Å². The highest BCUT2D eigenvalue weighted by atomic mass is 19.1. The van der Waals surface area contributed by atoms with Crippen molar-refractivity contribution in [3.8, 4) is 22.6 Å². The molecule has 0 bridgehead atoms. The number of aromatic nitrogens is 6. The molecular weight excluding hydrogens is 423 g/mol. The fourth-order valence-electron chi connectivity index (χ4n) is 4.27. The van der Waals surface area contributed by atoms with Crippen LogP contribution in [0.2, 0.25) is 0 Å². The number of hydrogen-bond acceptors (Lipinski definition) is 7. The molecule has 33 heavy (non-hydrogen) atoms. The summed E-state index contributed by atoms with van der Waals surface area (Å²) in [6.07, 6.45) is 4.09. The summed E-state index contributed by atoms with van der Waals surface area (Å²) in [5.74, 6) is 1.76. The number of halogens is 1. The highest BCUT2D eigenvalue weighted by molar-refractivity contribution is 5.81. The van der Waals surface area contributed by atoms with E-state index in [2.05, 4.69) is 20.6 Å². The SMILES string of the molecule is CCNc1cc(-c2c(-c3nncn3C)cnn2C)cc(N2Cc3cc(C=O)cc(F)c3C2)n1. The lowest BCUT2D eigenvalue weighted by Gasteiger charge is -2.19. The monoisotopic (exact) mass is 446 g/mol. The van der Waals surface area contributed by atoms with Gasteiger partial charge in [-0.05, 0) is 36.8 Å². The van der Waals surface area contributed by atoms with Crippen molar-refractivity contribution < 1.29 is 9.18 Å². The van der Waals surface area contributed by atoms with E-state index < -0.39 is 0 Å². The molecule has 0 saturated heterocycles. The molecule has 5 rings (SSSR count). The molecule has 0 amide bonds. The molecule has 0 radical (unpaired) electrons. The first-order chi connectivity index (χ1) is 16.0. The zero-order valence-electron chi connectivity index (χ0n) is 18.6. The van der Waals surface area contributed by atoms with Gasteiger partial charge in [0.2, 0.25) is 0 Å². The highest BCUT2D eigenvalue weighted by Gasteiger charge is 2.26. The minimum Gasteiger partial charge on any atom is -0.370 e. The van der Waals surface area contributed by atoms with Gasteiger partial charge in [-0.1, -0.05) is 0 Å². The molecule has 0 saturated carbocycles. The van der Waals surface area contributed by atoms with Gasteiger partial charge in [0.1, 0.15) is 30.1 Å². The van der Waals surface area contributed by atoms with Crippen LogP contribution in [0.1, 0.15) is 28.4 Å². The van der Waals surface area contributed by atoms with Gasteiger partial charge in [0, 0.05) is 50.4 Å². The van der Waals surface area contributed by atoms with E-state index in [1.807, 2.05) is 42.6 Å². The molecule has 1 aromatic carbocycles. The quantitative estimate of drug-likeness (QED) is 0.455. The van der Waals surface area contributed by atoms with E-state index in [0.29, 0.717) is 54.5 Å². The Balaban J connectivity index is 1.59. The van der Waals surface area contributed by atoms with Gasteiger partial charge in [0.05, 0.1) is 17.5 Å². The van der Waals surface area contributed by atoms with Crippen molar-refractivity contribution in [2.45, 2.75) is 20.0 Å². The van der Waals surface area contributed by atoms with Crippen molar-refractivity contribution >= 4 is 17.9 Å². The maximum atomic E-state index is 14.6. The fraction of sp³-hybridized carbons (Fsp3) is 0.261. The number of carbonyl (C=O) groups is 1. The number of aryl methyl sites for hydroxylation is 2. The van der Waals surface area contributed by atoms with E-state index in [4.69, 9.17) is 4.98 Å². The van der Waals surface area contributed by atoms with Gasteiger partial charge in [0.25, 0.3) is 0 Å². The van der Waals surface area contributed by atoms with Gasteiger partial charge < -0.3 is 14.8 Å². The normalized spacial score (nSPS) is 12.8. The summed E-state index contributed by atoms with van der Waals surface area (Å²) in [5.41, 5.74) is 4.36. The summed E-state index contributed by atoms with van der Waals surface area (Å²) in [6, 6.07) is 6.97. The van der Waals surface area contributed by atoms with Gasteiger partial charge in [-0.2, -0.15) is 5.10 Å². The summed E-state index contributed by atoms with van der Waals surface area (Å²) in [7, 11) is 3.77. The molecule has 1 N–H and O–H groups in total. The molecule has 0 atom stereocenters. The van der Waals surface area contributed by atoms with E-state index in [9.17, 15) is 9.18 Å². The number of aldehydes is 1. The lowest BCUT2D eigenvalue weighted by Crippen LogP contribution is -2.17. The molecule has 9 nitrogen and oxygen atoms in total. The standard InChI is InChI=1S/C23H23FN8O/c1-4-25-20-7-15(22-17(9-27-31(22)3)23-29-26-13-30(23)2)8-21(28-20)32-10-16-5-14(12-33)6-19(24)18(16)11-32/h5-9,12-13H,4,10-11H2,1-3H3,(H,25,28). The Bertz CT molecular complexity index is 1360. The number of hydrogen-bond donors (Lipinski definition) is 1. The number of pyridine rings is 1. The van der Waals surface area contributed by atoms with Crippen LogP contribution in [0.4, 0.5) is 16.0 Å². The zero-order valence-corrected chi connectivity index (χ0v) is 18.6. The second-order valence-corrected chi connectivity index (χ2v) is 8.04. The van der Waals surface area contributed by atoms with Gasteiger partial charge in [-0.25, -0.2) is 9.37 Å². The first-order valence-electron chi connectivity index (χ1n) is 10.6. The maximum Gasteiger partial charge on any atom is 0.167 e. The number of benzene rings is 1. The summed E-state index contributed by atoms with van der Waals surface area (Å²) in [4.78, 5) is 17.9. The average molecular weight is 446 g/mol. The third-order valence-corrected chi connectivity index (χ3v) is 5.81. The Labute approximate surface area is 189 Å². The van der Waals surface area contributed by atoms with Crippen molar-refractivity contribution in [2.24, 2.45) is 14.1 Å². The van der Waals surface area contributed by atoms with Crippen LogP contribution in [-0.2, 0) is 27.2 Å². The Morgan fingerprint density at radius 3 is 2.76 bits per heavy atom. The Morgan fingerprint density at radius 2 is 2.03 bits per heavy atom. The van der Waals surface area contributed by atoms with Crippen molar-refractivity contribution in [1.82, 2.24) is 29.5 Å². The minimum atomic E-state index is -0.364. The Hall–Kier alpha value is -4.08. The van der Waals surface area contributed by atoms with Crippen LogP contribution in [0, 0.1) is 5.82 Å². The van der Waals surface area contributed by atoms with Gasteiger partial charge in [-0.15, -0.1) is 10.2 Å². The largest absolute Gasteiger partial charge is 0.370 e. The van der Waals surface area contributed by atoms with Crippen molar-refractivity contribution in [3.63, 3.8) is 0 Å². The number of nitrogens with zero attached hydrogens (tertiary/aromatic N) is 7. The molecule has 1 aliphatic rings. The van der Waals surface area contributed by atoms with Crippen molar-refractivity contribution in [1.29, 1.82) is 0 Å². The van der Waals surface area contributed by atoms with E-state index >= 15 is 0 Å². The average Bonchev–Trinajstić information content (AvgIpc) is 3.51. The van der Waals surface area contributed by atoms with Gasteiger partial charge in [-0.3, -0.25) is 9.48 Å². The van der Waals surface area contributed by atoms with E-state index in [-0.39, 0.29) is 5.82 Å². The lowest BCUT2D eigenvalue weighted by molar-refractivity contribution is 0.112. The molecule has 4 aromatic rings. The summed E-state index contributed by atoms with van der Waals surface area (Å²) >= 11 is 0. The van der Waals surface area contributed by atoms with Crippen molar-refractivity contribution in [2.75, 3.05) is 16.8 Å². The molecule has 0 aliphatic carbocycles. The van der Waals surface area contributed by atoms with Crippen molar-refractivity contribution in [3.05, 3.63) is 59.3 Å². The molecule has 3 aromatic heterocycles. The van der Waals surface area contributed by atoms with Gasteiger partial charge in [0.15, 0.2) is 5.82 Å². The van der Waals surface area contributed by atoms with Crippen LogP contribution < -0.4 is 10.2 Å². The number of fused-ring (bicyclic) bond motifs is 1. The minimum absolute atomic E-state index is 0.339. The second kappa shape index (κ2) is 8.12. The summed E-state index contributed by atoms with van der Waals surface area (Å²) in [5, 5.41) is 16.0.